The van der Waals surface area contributed by atoms with Crippen LogP contribution in [0.15, 0.2) is 34.5 Å². The Morgan fingerprint density at radius 3 is 2.72 bits per heavy atom. The summed E-state index contributed by atoms with van der Waals surface area (Å²) in [6.45, 7) is 4.59. The van der Waals surface area contributed by atoms with E-state index >= 15 is 0 Å². The molecule has 3 rings (SSSR count). The van der Waals surface area contributed by atoms with E-state index in [-0.39, 0.29) is 5.91 Å². The molecule has 1 amide bonds. The predicted octanol–water partition coefficient (Wildman–Crippen LogP) is 3.91. The summed E-state index contributed by atoms with van der Waals surface area (Å²) in [6.07, 6.45) is 2.08. The molecule has 0 atom stereocenters. The van der Waals surface area contributed by atoms with Crippen molar-refractivity contribution >= 4 is 29.0 Å². The van der Waals surface area contributed by atoms with Crippen LogP contribution in [0.1, 0.15) is 33.9 Å². The fraction of sp³-hybridized carbons (Fsp3) is 0.474. The van der Waals surface area contributed by atoms with Crippen molar-refractivity contribution in [1.29, 1.82) is 0 Å². The average molecular weight is 376 g/mol. The lowest BCUT2D eigenvalue weighted by Crippen LogP contribution is -2.39. The summed E-state index contributed by atoms with van der Waals surface area (Å²) < 4.78 is 0. The second-order valence-corrected chi connectivity index (χ2v) is 9.02. The maximum Gasteiger partial charge on any atom is 0.273 e. The van der Waals surface area contributed by atoms with Gasteiger partial charge in [0.1, 0.15) is 10.7 Å². The molecule has 2 heterocycles. The number of rotatable bonds is 5. The third kappa shape index (κ3) is 4.84. The number of benzene rings is 1. The maximum absolute atomic E-state index is 12.7. The van der Waals surface area contributed by atoms with Gasteiger partial charge in [-0.25, -0.2) is 4.98 Å². The molecule has 1 aromatic heterocycles. The highest BCUT2D eigenvalue weighted by Crippen LogP contribution is 2.32. The molecule has 4 nitrogen and oxygen atoms in total. The molecule has 1 aliphatic heterocycles. The minimum atomic E-state index is 0.0839. The molecular weight excluding hydrogens is 350 g/mol. The van der Waals surface area contributed by atoms with Gasteiger partial charge in [0.05, 0.1) is 0 Å². The van der Waals surface area contributed by atoms with E-state index in [1.807, 2.05) is 36.1 Å². The van der Waals surface area contributed by atoms with Gasteiger partial charge in [-0.1, -0.05) is 18.2 Å². The van der Waals surface area contributed by atoms with E-state index in [1.54, 1.807) is 11.3 Å². The van der Waals surface area contributed by atoms with Crippen molar-refractivity contribution in [2.45, 2.75) is 36.5 Å². The van der Waals surface area contributed by atoms with Crippen LogP contribution in [0, 0.1) is 6.92 Å². The van der Waals surface area contributed by atoms with Gasteiger partial charge in [-0.3, -0.25) is 4.79 Å². The van der Waals surface area contributed by atoms with Crippen molar-refractivity contribution in [3.63, 3.8) is 0 Å². The molecule has 1 aliphatic rings. The Balaban J connectivity index is 1.54. The van der Waals surface area contributed by atoms with Crippen LogP contribution < -0.4 is 0 Å². The monoisotopic (exact) mass is 375 g/mol. The zero-order valence-electron chi connectivity index (χ0n) is 15.1. The van der Waals surface area contributed by atoms with Gasteiger partial charge in [-0.05, 0) is 45.5 Å². The molecule has 0 saturated carbocycles. The van der Waals surface area contributed by atoms with Gasteiger partial charge < -0.3 is 9.80 Å². The topological polar surface area (TPSA) is 36.4 Å². The third-order valence-electron chi connectivity index (χ3n) is 4.34. The molecule has 0 N–H and O–H groups in total. The molecule has 1 saturated heterocycles. The Morgan fingerprint density at radius 1 is 1.32 bits per heavy atom. The number of piperidine rings is 1. The average Bonchev–Trinajstić information content (AvgIpc) is 3.05. The predicted molar refractivity (Wildman–Crippen MR) is 105 cm³/mol. The van der Waals surface area contributed by atoms with Crippen LogP contribution in [0.25, 0.3) is 0 Å². The number of thiazole rings is 1. The molecule has 134 valence electrons. The summed E-state index contributed by atoms with van der Waals surface area (Å²) in [5.41, 5.74) is 1.94. The first kappa shape index (κ1) is 18.4. The minimum Gasteiger partial charge on any atom is -0.337 e. The van der Waals surface area contributed by atoms with Crippen LogP contribution in [0.3, 0.4) is 0 Å². The highest BCUT2D eigenvalue weighted by Gasteiger charge is 2.25. The number of carbonyl (C=O) groups is 1. The largest absolute Gasteiger partial charge is 0.337 e. The standard InChI is InChI=1S/C19H25N3OS2/c1-14-6-4-5-7-17(14)25-15-8-10-22(11-9-15)19(23)16-13-24-18(20-16)12-21(2)3/h4-7,13,15H,8-12H2,1-3H3. The fourth-order valence-electron chi connectivity index (χ4n) is 2.96. The molecule has 0 radical (unpaired) electrons. The number of amides is 1. The lowest BCUT2D eigenvalue weighted by molar-refractivity contribution is 0.0722. The molecule has 6 heteroatoms. The zero-order valence-corrected chi connectivity index (χ0v) is 16.7. The number of hydrogen-bond acceptors (Lipinski definition) is 5. The number of carbonyl (C=O) groups excluding carboxylic acids is 1. The number of hydrogen-bond donors (Lipinski definition) is 0. The SMILES string of the molecule is Cc1ccccc1SC1CCN(C(=O)c2csc(CN(C)C)n2)CC1. The Morgan fingerprint density at radius 2 is 2.04 bits per heavy atom. The molecule has 2 aromatic rings. The molecule has 0 spiro atoms. The van der Waals surface area contributed by atoms with Crippen LogP contribution in [-0.4, -0.2) is 53.1 Å². The van der Waals surface area contributed by atoms with Crippen LogP contribution in [0.2, 0.25) is 0 Å². The first-order chi connectivity index (χ1) is 12.0. The first-order valence-corrected chi connectivity index (χ1v) is 10.4. The summed E-state index contributed by atoms with van der Waals surface area (Å²) in [5.74, 6) is 0.0839. The number of likely N-dealkylation sites (tertiary alicyclic amines) is 1. The number of aromatic nitrogens is 1. The van der Waals surface area contributed by atoms with Gasteiger partial charge in [0, 0.05) is 35.2 Å². The normalized spacial score (nSPS) is 15.8. The highest BCUT2D eigenvalue weighted by atomic mass is 32.2. The second-order valence-electron chi connectivity index (χ2n) is 6.74. The van der Waals surface area contributed by atoms with Crippen LogP contribution in [-0.2, 0) is 6.54 Å². The highest BCUT2D eigenvalue weighted by molar-refractivity contribution is 8.00. The lowest BCUT2D eigenvalue weighted by Gasteiger charge is -2.31. The van der Waals surface area contributed by atoms with E-state index in [0.717, 1.165) is 37.5 Å². The van der Waals surface area contributed by atoms with Gasteiger partial charge in [0.2, 0.25) is 0 Å². The maximum atomic E-state index is 12.7. The van der Waals surface area contributed by atoms with E-state index in [2.05, 4.69) is 41.1 Å². The van der Waals surface area contributed by atoms with E-state index in [9.17, 15) is 4.79 Å². The summed E-state index contributed by atoms with van der Waals surface area (Å²) in [7, 11) is 4.03. The lowest BCUT2D eigenvalue weighted by atomic mass is 10.1. The minimum absolute atomic E-state index is 0.0839. The van der Waals surface area contributed by atoms with Crippen molar-refractivity contribution in [3.8, 4) is 0 Å². The molecule has 25 heavy (non-hydrogen) atoms. The Kier molecular flexibility index (Phi) is 6.15. The summed E-state index contributed by atoms with van der Waals surface area (Å²) in [4.78, 5) is 22.6. The van der Waals surface area contributed by atoms with E-state index in [4.69, 9.17) is 0 Å². The number of thioether (sulfide) groups is 1. The Hall–Kier alpha value is -1.37. The summed E-state index contributed by atoms with van der Waals surface area (Å²) in [6, 6.07) is 8.54. The van der Waals surface area contributed by atoms with Crippen molar-refractivity contribution in [3.05, 3.63) is 45.9 Å². The van der Waals surface area contributed by atoms with Gasteiger partial charge in [0.15, 0.2) is 0 Å². The summed E-state index contributed by atoms with van der Waals surface area (Å²) >= 11 is 3.52. The third-order valence-corrected chi connectivity index (χ3v) is 6.69. The number of nitrogens with zero attached hydrogens (tertiary/aromatic N) is 3. The summed E-state index contributed by atoms with van der Waals surface area (Å²) in [5, 5.41) is 3.48. The molecule has 0 unspecified atom stereocenters. The second kappa shape index (κ2) is 8.34. The number of aryl methyl sites for hydroxylation is 1. The molecule has 0 bridgehead atoms. The van der Waals surface area contributed by atoms with Crippen molar-refractivity contribution in [2.24, 2.45) is 0 Å². The quantitative estimate of drug-likeness (QED) is 0.794. The van der Waals surface area contributed by atoms with E-state index in [0.29, 0.717) is 10.9 Å². The van der Waals surface area contributed by atoms with E-state index < -0.39 is 0 Å². The Bertz CT molecular complexity index is 721. The molecule has 0 aliphatic carbocycles. The van der Waals surface area contributed by atoms with Gasteiger partial charge in [0.25, 0.3) is 5.91 Å². The molecule has 1 fully saturated rings. The smallest absolute Gasteiger partial charge is 0.273 e. The van der Waals surface area contributed by atoms with Crippen LogP contribution in [0.5, 0.6) is 0 Å². The van der Waals surface area contributed by atoms with Gasteiger partial charge in [-0.15, -0.1) is 23.1 Å². The van der Waals surface area contributed by atoms with Crippen molar-refractivity contribution in [2.75, 3.05) is 27.2 Å². The first-order valence-electron chi connectivity index (χ1n) is 8.63. The van der Waals surface area contributed by atoms with Gasteiger partial charge >= 0.3 is 0 Å². The Labute approximate surface area is 158 Å². The van der Waals surface area contributed by atoms with Crippen LogP contribution in [0.4, 0.5) is 0 Å². The van der Waals surface area contributed by atoms with Crippen LogP contribution >= 0.6 is 23.1 Å². The molecular formula is C19H25N3OS2. The van der Waals surface area contributed by atoms with Crippen molar-refractivity contribution < 1.29 is 4.79 Å². The fourth-order valence-corrected chi connectivity index (χ4v) is 5.06. The van der Waals surface area contributed by atoms with E-state index in [1.165, 1.54) is 10.5 Å². The van der Waals surface area contributed by atoms with Gasteiger partial charge in [-0.2, -0.15) is 0 Å². The van der Waals surface area contributed by atoms with Crippen molar-refractivity contribution in [1.82, 2.24) is 14.8 Å². The zero-order chi connectivity index (χ0) is 17.8. The molecule has 1 aromatic carbocycles.